The molecule has 0 saturated heterocycles. The number of aliphatic hydroxyl groups excluding tert-OH is 1. The number of carbonyl (C=O) groups excluding carboxylic acids is 1. The number of rotatable bonds is 4. The van der Waals surface area contributed by atoms with Gasteiger partial charge in [0.25, 0.3) is 5.91 Å². The van der Waals surface area contributed by atoms with E-state index in [2.05, 4.69) is 10.5 Å². The first-order chi connectivity index (χ1) is 7.00. The number of halogens is 1. The van der Waals surface area contributed by atoms with Gasteiger partial charge in [-0.15, -0.1) is 11.3 Å². The molecule has 0 unspecified atom stereocenters. The molecule has 15 heavy (non-hydrogen) atoms. The van der Waals surface area contributed by atoms with Crippen LogP contribution in [0.4, 0.5) is 0 Å². The van der Waals surface area contributed by atoms with Gasteiger partial charge in [0, 0.05) is 0 Å². The zero-order valence-electron chi connectivity index (χ0n) is 8.28. The van der Waals surface area contributed by atoms with Crippen LogP contribution < -0.4 is 5.48 Å². The molecule has 0 aliphatic carbocycles. The van der Waals surface area contributed by atoms with E-state index in [4.69, 9.17) is 21.5 Å². The molecule has 0 bridgehead atoms. The number of amides is 1. The van der Waals surface area contributed by atoms with Crippen LogP contribution in [0.25, 0.3) is 0 Å². The van der Waals surface area contributed by atoms with E-state index in [0.717, 1.165) is 0 Å². The van der Waals surface area contributed by atoms with Crippen molar-refractivity contribution in [3.8, 4) is 0 Å². The number of thiazole rings is 1. The molecule has 0 aliphatic heterocycles. The van der Waals surface area contributed by atoms with Crippen molar-refractivity contribution < 1.29 is 14.7 Å². The van der Waals surface area contributed by atoms with Crippen LogP contribution in [-0.2, 0) is 4.84 Å². The maximum Gasteiger partial charge on any atom is 0.288 e. The maximum atomic E-state index is 11.4. The smallest absolute Gasteiger partial charge is 0.288 e. The normalized spacial score (nSPS) is 12.5. The predicted molar refractivity (Wildman–Crippen MR) is 57.0 cm³/mol. The Bertz CT molecular complexity index is 354. The number of aryl methyl sites for hydroxylation is 1. The Balaban J connectivity index is 2.50. The predicted octanol–water partition coefficient (Wildman–Crippen LogP) is 1.15. The van der Waals surface area contributed by atoms with Crippen molar-refractivity contribution >= 4 is 28.8 Å². The lowest BCUT2D eigenvalue weighted by atomic mass is 10.5. The van der Waals surface area contributed by atoms with Crippen molar-refractivity contribution in [2.24, 2.45) is 0 Å². The number of carbonyl (C=O) groups is 1. The minimum absolute atomic E-state index is 0.0289. The zero-order valence-corrected chi connectivity index (χ0v) is 9.85. The average molecular weight is 251 g/mol. The lowest BCUT2D eigenvalue weighted by Gasteiger charge is -2.05. The molecule has 0 spiro atoms. The van der Waals surface area contributed by atoms with Crippen molar-refractivity contribution in [3.05, 3.63) is 15.0 Å². The summed E-state index contributed by atoms with van der Waals surface area (Å²) >= 11 is 6.90. The molecule has 0 fully saturated rings. The molecule has 5 nitrogen and oxygen atoms in total. The molecular formula is C8H11ClN2O3S. The molecule has 84 valence electrons. The Kier molecular flexibility index (Phi) is 4.46. The second-order valence-electron chi connectivity index (χ2n) is 2.94. The molecule has 7 heteroatoms. The minimum Gasteiger partial charge on any atom is -0.391 e. The summed E-state index contributed by atoms with van der Waals surface area (Å²) in [5.74, 6) is -0.453. The molecule has 1 heterocycles. The fraction of sp³-hybridized carbons (Fsp3) is 0.500. The van der Waals surface area contributed by atoms with Gasteiger partial charge in [-0.1, -0.05) is 11.6 Å². The molecular weight excluding hydrogens is 240 g/mol. The summed E-state index contributed by atoms with van der Waals surface area (Å²) < 4.78 is 0. The molecule has 0 saturated carbocycles. The van der Waals surface area contributed by atoms with Gasteiger partial charge in [0.05, 0.1) is 11.1 Å². The van der Waals surface area contributed by atoms with Gasteiger partial charge < -0.3 is 5.11 Å². The lowest BCUT2D eigenvalue weighted by Crippen LogP contribution is -2.26. The fourth-order valence-corrected chi connectivity index (χ4v) is 1.89. The Hall–Kier alpha value is -0.690. The summed E-state index contributed by atoms with van der Waals surface area (Å²) in [6.07, 6.45) is -0.635. The Morgan fingerprint density at radius 3 is 2.93 bits per heavy atom. The van der Waals surface area contributed by atoms with Crippen LogP contribution in [0.2, 0.25) is 5.15 Å². The van der Waals surface area contributed by atoms with Crippen LogP contribution in [0.1, 0.15) is 21.6 Å². The van der Waals surface area contributed by atoms with E-state index in [1.54, 1.807) is 13.8 Å². The summed E-state index contributed by atoms with van der Waals surface area (Å²) in [7, 11) is 0. The van der Waals surface area contributed by atoms with Gasteiger partial charge in [-0.05, 0) is 13.8 Å². The van der Waals surface area contributed by atoms with Crippen LogP contribution in [-0.4, -0.2) is 28.7 Å². The van der Waals surface area contributed by atoms with Crippen molar-refractivity contribution in [2.45, 2.75) is 20.0 Å². The summed E-state index contributed by atoms with van der Waals surface area (Å²) in [5.41, 5.74) is 2.17. The largest absolute Gasteiger partial charge is 0.391 e. The Morgan fingerprint density at radius 1 is 1.80 bits per heavy atom. The number of aromatic nitrogens is 1. The van der Waals surface area contributed by atoms with Gasteiger partial charge in [0.2, 0.25) is 0 Å². The van der Waals surface area contributed by atoms with Crippen LogP contribution in [0.15, 0.2) is 0 Å². The average Bonchev–Trinajstić information content (AvgIpc) is 2.44. The number of hydrogen-bond donors (Lipinski definition) is 2. The van der Waals surface area contributed by atoms with E-state index in [-0.39, 0.29) is 11.8 Å². The molecule has 1 aromatic heterocycles. The third-order valence-corrected chi connectivity index (χ3v) is 2.74. The highest BCUT2D eigenvalue weighted by atomic mass is 35.5. The van der Waals surface area contributed by atoms with Gasteiger partial charge in [-0.2, -0.15) is 0 Å². The minimum atomic E-state index is -0.635. The summed E-state index contributed by atoms with van der Waals surface area (Å²) in [4.78, 5) is 20.4. The van der Waals surface area contributed by atoms with Crippen molar-refractivity contribution in [2.75, 3.05) is 6.61 Å². The SMILES string of the molecule is Cc1nc(Cl)c(C(=O)NOC[C@H](C)O)s1. The fourth-order valence-electron chi connectivity index (χ4n) is 0.816. The van der Waals surface area contributed by atoms with Crippen molar-refractivity contribution in [1.29, 1.82) is 0 Å². The first-order valence-corrected chi connectivity index (χ1v) is 5.43. The highest BCUT2D eigenvalue weighted by Crippen LogP contribution is 2.21. The van der Waals surface area contributed by atoms with E-state index in [1.807, 2.05) is 0 Å². The molecule has 1 amide bonds. The number of nitrogens with one attached hydrogen (secondary N) is 1. The highest BCUT2D eigenvalue weighted by Gasteiger charge is 2.15. The standard InChI is InChI=1S/C8H11ClN2O3S/c1-4(12)3-14-11-8(13)6-7(9)10-5(2)15-6/h4,12H,3H2,1-2H3,(H,11,13)/t4-/m0/s1. The number of hydrogen-bond acceptors (Lipinski definition) is 5. The Labute approximate surface area is 96.0 Å². The third-order valence-electron chi connectivity index (χ3n) is 1.39. The third kappa shape index (κ3) is 3.75. The number of aliphatic hydroxyl groups is 1. The van der Waals surface area contributed by atoms with E-state index in [9.17, 15) is 4.79 Å². The summed E-state index contributed by atoms with van der Waals surface area (Å²) in [5, 5.41) is 9.75. The molecule has 1 aromatic rings. The first kappa shape index (κ1) is 12.4. The highest BCUT2D eigenvalue weighted by molar-refractivity contribution is 7.14. The van der Waals surface area contributed by atoms with Crippen LogP contribution in [0.3, 0.4) is 0 Å². The van der Waals surface area contributed by atoms with Gasteiger partial charge in [0.1, 0.15) is 11.5 Å². The molecule has 0 radical (unpaired) electrons. The molecule has 2 N–H and O–H groups in total. The van der Waals surface area contributed by atoms with E-state index >= 15 is 0 Å². The quantitative estimate of drug-likeness (QED) is 0.787. The van der Waals surface area contributed by atoms with Gasteiger partial charge in [-0.25, -0.2) is 10.5 Å². The zero-order chi connectivity index (χ0) is 11.4. The van der Waals surface area contributed by atoms with Gasteiger partial charge in [0.15, 0.2) is 5.15 Å². The number of nitrogens with zero attached hydrogens (tertiary/aromatic N) is 1. The van der Waals surface area contributed by atoms with Crippen LogP contribution >= 0.6 is 22.9 Å². The van der Waals surface area contributed by atoms with E-state index in [0.29, 0.717) is 9.88 Å². The Morgan fingerprint density at radius 2 is 2.47 bits per heavy atom. The molecule has 1 rings (SSSR count). The van der Waals surface area contributed by atoms with E-state index in [1.165, 1.54) is 11.3 Å². The lowest BCUT2D eigenvalue weighted by molar-refractivity contribution is -0.00665. The van der Waals surface area contributed by atoms with Crippen molar-refractivity contribution in [3.63, 3.8) is 0 Å². The topological polar surface area (TPSA) is 71.5 Å². The maximum absolute atomic E-state index is 11.4. The summed E-state index contributed by atoms with van der Waals surface area (Å²) in [6, 6.07) is 0. The first-order valence-electron chi connectivity index (χ1n) is 4.24. The second kappa shape index (κ2) is 5.41. The van der Waals surface area contributed by atoms with Crippen molar-refractivity contribution in [1.82, 2.24) is 10.5 Å². The van der Waals surface area contributed by atoms with E-state index < -0.39 is 12.0 Å². The van der Waals surface area contributed by atoms with Crippen LogP contribution in [0, 0.1) is 6.92 Å². The van der Waals surface area contributed by atoms with Crippen LogP contribution in [0.5, 0.6) is 0 Å². The molecule has 0 aromatic carbocycles. The summed E-state index contributed by atoms with van der Waals surface area (Å²) in [6.45, 7) is 3.33. The monoisotopic (exact) mass is 250 g/mol. The number of hydroxylamine groups is 1. The molecule has 1 atom stereocenters. The molecule has 0 aliphatic rings. The van der Waals surface area contributed by atoms with Gasteiger partial charge in [-0.3, -0.25) is 9.63 Å². The van der Waals surface area contributed by atoms with Gasteiger partial charge >= 0.3 is 0 Å². The second-order valence-corrected chi connectivity index (χ2v) is 4.51.